The minimum Gasteiger partial charge on any atom is -0.467 e. The summed E-state index contributed by atoms with van der Waals surface area (Å²) >= 11 is 0. The third-order valence-electron chi connectivity index (χ3n) is 3.55. The standard InChI is InChI=1S/C17H13NO2/c1-2-6-15-12(4-1)8-9-16(18-15)13-5-3-7-17-14(13)10-19-11-20-17/h1-9H,10-11H2. The van der Waals surface area contributed by atoms with E-state index in [9.17, 15) is 0 Å². The molecule has 3 nitrogen and oxygen atoms in total. The quantitative estimate of drug-likeness (QED) is 0.669. The molecule has 1 aliphatic heterocycles. The predicted molar refractivity (Wildman–Crippen MR) is 77.5 cm³/mol. The molecule has 2 aromatic carbocycles. The molecular formula is C17H13NO2. The van der Waals surface area contributed by atoms with Crippen molar-refractivity contribution in [1.29, 1.82) is 0 Å². The van der Waals surface area contributed by atoms with E-state index in [1.165, 1.54) is 0 Å². The Bertz CT molecular complexity index is 783. The Hall–Kier alpha value is -2.39. The van der Waals surface area contributed by atoms with E-state index < -0.39 is 0 Å². The Morgan fingerprint density at radius 2 is 1.85 bits per heavy atom. The predicted octanol–water partition coefficient (Wildman–Crippen LogP) is 3.77. The molecule has 0 unspecified atom stereocenters. The molecule has 0 atom stereocenters. The highest BCUT2D eigenvalue weighted by molar-refractivity contribution is 5.82. The van der Waals surface area contributed by atoms with Gasteiger partial charge >= 0.3 is 0 Å². The molecule has 1 aliphatic rings. The highest BCUT2D eigenvalue weighted by atomic mass is 16.7. The average molecular weight is 263 g/mol. The number of para-hydroxylation sites is 1. The summed E-state index contributed by atoms with van der Waals surface area (Å²) in [5.41, 5.74) is 4.10. The Kier molecular flexibility index (Phi) is 2.64. The van der Waals surface area contributed by atoms with Crippen LogP contribution >= 0.6 is 0 Å². The molecule has 0 aliphatic carbocycles. The van der Waals surface area contributed by atoms with E-state index in [-0.39, 0.29) is 0 Å². The molecular weight excluding hydrogens is 250 g/mol. The topological polar surface area (TPSA) is 31.4 Å². The van der Waals surface area contributed by atoms with Crippen LogP contribution in [0.25, 0.3) is 22.2 Å². The molecule has 0 bridgehead atoms. The SMILES string of the molecule is c1cc2c(c(-c3ccc4ccccc4n3)c1)COCO2. The molecule has 0 fully saturated rings. The summed E-state index contributed by atoms with van der Waals surface area (Å²) in [5.74, 6) is 0.892. The number of aromatic nitrogens is 1. The van der Waals surface area contributed by atoms with Crippen LogP contribution in [0.5, 0.6) is 5.75 Å². The lowest BCUT2D eigenvalue weighted by molar-refractivity contribution is -0.0160. The third kappa shape index (κ3) is 1.84. The fourth-order valence-corrected chi connectivity index (χ4v) is 2.55. The zero-order chi connectivity index (χ0) is 13.4. The lowest BCUT2D eigenvalue weighted by Crippen LogP contribution is -2.12. The molecule has 20 heavy (non-hydrogen) atoms. The van der Waals surface area contributed by atoms with Gasteiger partial charge in [-0.1, -0.05) is 36.4 Å². The average Bonchev–Trinajstić information content (AvgIpc) is 2.54. The fourth-order valence-electron chi connectivity index (χ4n) is 2.55. The number of nitrogens with zero attached hydrogens (tertiary/aromatic N) is 1. The largest absolute Gasteiger partial charge is 0.467 e. The molecule has 3 aromatic rings. The van der Waals surface area contributed by atoms with Crippen molar-refractivity contribution < 1.29 is 9.47 Å². The van der Waals surface area contributed by atoms with Crippen LogP contribution in [-0.4, -0.2) is 11.8 Å². The van der Waals surface area contributed by atoms with Crippen LogP contribution in [0.15, 0.2) is 54.6 Å². The van der Waals surface area contributed by atoms with E-state index in [0.717, 1.165) is 33.5 Å². The first-order chi connectivity index (χ1) is 9.92. The van der Waals surface area contributed by atoms with Gasteiger partial charge in [-0.2, -0.15) is 0 Å². The number of hydrogen-bond acceptors (Lipinski definition) is 3. The molecule has 4 rings (SSSR count). The van der Waals surface area contributed by atoms with Crippen LogP contribution in [0, 0.1) is 0 Å². The second-order valence-electron chi connectivity index (χ2n) is 4.78. The number of benzene rings is 2. The third-order valence-corrected chi connectivity index (χ3v) is 3.55. The van der Waals surface area contributed by atoms with Gasteiger partial charge in [-0.25, -0.2) is 4.98 Å². The van der Waals surface area contributed by atoms with Gasteiger partial charge in [-0.05, 0) is 18.2 Å². The van der Waals surface area contributed by atoms with Gasteiger partial charge in [0.2, 0.25) is 0 Å². The zero-order valence-corrected chi connectivity index (χ0v) is 10.9. The molecule has 0 radical (unpaired) electrons. The molecule has 0 spiro atoms. The molecule has 0 saturated carbocycles. The second kappa shape index (κ2) is 4.62. The van der Waals surface area contributed by atoms with Gasteiger partial charge in [-0.3, -0.25) is 0 Å². The summed E-state index contributed by atoms with van der Waals surface area (Å²) in [6.07, 6.45) is 0. The van der Waals surface area contributed by atoms with E-state index >= 15 is 0 Å². The molecule has 0 saturated heterocycles. The molecule has 0 N–H and O–H groups in total. The van der Waals surface area contributed by atoms with Crippen LogP contribution in [0.4, 0.5) is 0 Å². The highest BCUT2D eigenvalue weighted by Gasteiger charge is 2.16. The van der Waals surface area contributed by atoms with Crippen molar-refractivity contribution in [1.82, 2.24) is 4.98 Å². The van der Waals surface area contributed by atoms with Crippen molar-refractivity contribution in [2.75, 3.05) is 6.79 Å². The Morgan fingerprint density at radius 3 is 2.85 bits per heavy atom. The normalized spacial score (nSPS) is 13.8. The van der Waals surface area contributed by atoms with E-state index in [0.29, 0.717) is 13.4 Å². The summed E-state index contributed by atoms with van der Waals surface area (Å²) in [6.45, 7) is 0.890. The van der Waals surface area contributed by atoms with Gasteiger partial charge in [0.05, 0.1) is 17.8 Å². The monoisotopic (exact) mass is 263 g/mol. The lowest BCUT2D eigenvalue weighted by atomic mass is 10.0. The first kappa shape index (κ1) is 11.4. The van der Waals surface area contributed by atoms with Crippen molar-refractivity contribution in [3.8, 4) is 17.0 Å². The minimum atomic E-state index is 0.321. The molecule has 3 heteroatoms. The zero-order valence-electron chi connectivity index (χ0n) is 10.9. The Morgan fingerprint density at radius 1 is 0.900 bits per heavy atom. The van der Waals surface area contributed by atoms with E-state index in [1.807, 2.05) is 36.4 Å². The summed E-state index contributed by atoms with van der Waals surface area (Å²) in [7, 11) is 0. The number of rotatable bonds is 1. The van der Waals surface area contributed by atoms with E-state index in [4.69, 9.17) is 14.5 Å². The van der Waals surface area contributed by atoms with Crippen LogP contribution in [0.1, 0.15) is 5.56 Å². The van der Waals surface area contributed by atoms with Crippen LogP contribution in [-0.2, 0) is 11.3 Å². The van der Waals surface area contributed by atoms with Crippen LogP contribution in [0.2, 0.25) is 0 Å². The minimum absolute atomic E-state index is 0.321. The number of ether oxygens (including phenoxy) is 2. The van der Waals surface area contributed by atoms with Crippen LogP contribution < -0.4 is 4.74 Å². The van der Waals surface area contributed by atoms with Gasteiger partial charge < -0.3 is 9.47 Å². The number of fused-ring (bicyclic) bond motifs is 2. The summed E-state index contributed by atoms with van der Waals surface area (Å²) < 4.78 is 10.9. The van der Waals surface area contributed by atoms with Crippen molar-refractivity contribution in [3.63, 3.8) is 0 Å². The maximum Gasteiger partial charge on any atom is 0.189 e. The summed E-state index contributed by atoms with van der Waals surface area (Å²) in [4.78, 5) is 4.74. The maximum absolute atomic E-state index is 5.52. The van der Waals surface area contributed by atoms with Crippen molar-refractivity contribution in [2.45, 2.75) is 6.61 Å². The second-order valence-corrected chi connectivity index (χ2v) is 4.78. The maximum atomic E-state index is 5.52. The highest BCUT2D eigenvalue weighted by Crippen LogP contribution is 2.33. The Balaban J connectivity index is 1.90. The number of pyridine rings is 1. The summed E-state index contributed by atoms with van der Waals surface area (Å²) in [6, 6.07) is 18.3. The van der Waals surface area contributed by atoms with Crippen molar-refractivity contribution >= 4 is 10.9 Å². The first-order valence-corrected chi connectivity index (χ1v) is 6.60. The van der Waals surface area contributed by atoms with E-state index in [2.05, 4.69) is 18.2 Å². The van der Waals surface area contributed by atoms with Gasteiger partial charge in [-0.15, -0.1) is 0 Å². The molecule has 2 heterocycles. The van der Waals surface area contributed by atoms with Gasteiger partial charge in [0, 0.05) is 16.5 Å². The lowest BCUT2D eigenvalue weighted by Gasteiger charge is -2.20. The molecule has 98 valence electrons. The van der Waals surface area contributed by atoms with Gasteiger partial charge in [0.15, 0.2) is 6.79 Å². The van der Waals surface area contributed by atoms with Crippen molar-refractivity contribution in [3.05, 3.63) is 60.2 Å². The van der Waals surface area contributed by atoms with E-state index in [1.54, 1.807) is 0 Å². The fraction of sp³-hybridized carbons (Fsp3) is 0.118. The number of hydrogen-bond donors (Lipinski definition) is 0. The van der Waals surface area contributed by atoms with Gasteiger partial charge in [0.1, 0.15) is 5.75 Å². The molecule has 0 amide bonds. The molecule has 1 aromatic heterocycles. The first-order valence-electron chi connectivity index (χ1n) is 6.60. The Labute approximate surface area is 116 Å². The smallest absolute Gasteiger partial charge is 0.189 e. The summed E-state index contributed by atoms with van der Waals surface area (Å²) in [5, 5.41) is 1.15. The van der Waals surface area contributed by atoms with Gasteiger partial charge in [0.25, 0.3) is 0 Å². The van der Waals surface area contributed by atoms with Crippen LogP contribution in [0.3, 0.4) is 0 Å². The van der Waals surface area contributed by atoms with Crippen molar-refractivity contribution in [2.24, 2.45) is 0 Å².